The molecule has 4 heterocycles. The molecular formula is C42H45F3N8S2. The van der Waals surface area contributed by atoms with Gasteiger partial charge in [-0.05, 0) is 133 Å². The maximum absolute atomic E-state index is 14.2. The number of thiocarbonyl (C=S) groups is 2. The lowest BCUT2D eigenvalue weighted by Crippen LogP contribution is -2.49. The van der Waals surface area contributed by atoms with E-state index in [0.29, 0.717) is 46.1 Å². The number of hydrogen-bond acceptors (Lipinski definition) is 6. The number of aryl methyl sites for hydroxylation is 2. The Labute approximate surface area is 331 Å². The highest BCUT2D eigenvalue weighted by atomic mass is 32.1. The Bertz CT molecular complexity index is 2160. The predicted octanol–water partition coefficient (Wildman–Crippen LogP) is 8.64. The molecule has 3 N–H and O–H groups in total. The molecule has 0 amide bonds. The molecule has 2 saturated heterocycles. The predicted molar refractivity (Wildman–Crippen MR) is 224 cm³/mol. The van der Waals surface area contributed by atoms with Gasteiger partial charge in [-0.1, -0.05) is 42.5 Å². The minimum Gasteiger partial charge on any atom is -0.381 e. The van der Waals surface area contributed by atoms with Gasteiger partial charge in [0.25, 0.3) is 0 Å². The third-order valence-electron chi connectivity index (χ3n) is 10.1. The monoisotopic (exact) mass is 782 g/mol. The third-order valence-corrected chi connectivity index (χ3v) is 10.9. The van der Waals surface area contributed by atoms with Crippen molar-refractivity contribution < 1.29 is 13.2 Å². The molecule has 0 saturated carbocycles. The second-order valence-corrected chi connectivity index (χ2v) is 15.3. The molecule has 1 atom stereocenters. The first-order valence-corrected chi connectivity index (χ1v) is 19.5. The zero-order valence-electron chi connectivity index (χ0n) is 31.0. The van der Waals surface area contributed by atoms with Crippen molar-refractivity contribution in [3.8, 4) is 0 Å². The van der Waals surface area contributed by atoms with Gasteiger partial charge in [0.2, 0.25) is 0 Å². The standard InChI is InChI=1S/C42H45F3N8S2/c1-28-12-13-46-38(19-28)49-41(55)53-14-6-10-35(27-53)48-36-23-31(22-34(25-36)42(43,44)45)21-30-20-29(2)47-39(24-30)50-40(54)52-17-15-51(16-18-52)26-33-9-5-8-32-7-3-4-11-37(32)33/h3-5,7-9,11-13,19-20,22-25,35,48H,6,10,14-18,21,26-27H2,1-2H3,(H,46,49,55)(H,47,50,54). The topological polar surface area (TPSA) is 71.6 Å². The van der Waals surface area contributed by atoms with Crippen LogP contribution in [0.4, 0.5) is 30.5 Å². The van der Waals surface area contributed by atoms with E-state index in [9.17, 15) is 13.2 Å². The lowest BCUT2D eigenvalue weighted by molar-refractivity contribution is -0.137. The first-order valence-electron chi connectivity index (χ1n) is 18.6. The molecule has 3 aromatic carbocycles. The number of halogens is 3. The van der Waals surface area contributed by atoms with Crippen molar-refractivity contribution in [2.75, 3.05) is 55.2 Å². The molecule has 0 bridgehead atoms. The molecule has 55 heavy (non-hydrogen) atoms. The molecule has 1 unspecified atom stereocenters. The van der Waals surface area contributed by atoms with E-state index in [-0.39, 0.29) is 6.04 Å². The van der Waals surface area contributed by atoms with Gasteiger partial charge in [0.05, 0.1) is 5.56 Å². The number of nitrogens with one attached hydrogen (secondary N) is 3. The van der Waals surface area contributed by atoms with Gasteiger partial charge in [-0.2, -0.15) is 13.2 Å². The molecule has 5 aromatic rings. The van der Waals surface area contributed by atoms with Crippen molar-refractivity contribution >= 4 is 62.8 Å². The highest BCUT2D eigenvalue weighted by Crippen LogP contribution is 2.33. The van der Waals surface area contributed by atoms with Crippen LogP contribution in [0.2, 0.25) is 0 Å². The number of alkyl halides is 3. The Morgan fingerprint density at radius 2 is 1.55 bits per heavy atom. The number of aromatic nitrogens is 2. The van der Waals surface area contributed by atoms with Crippen LogP contribution in [0.25, 0.3) is 10.8 Å². The summed E-state index contributed by atoms with van der Waals surface area (Å²) in [4.78, 5) is 15.6. The number of hydrogen-bond donors (Lipinski definition) is 3. The lowest BCUT2D eigenvalue weighted by Gasteiger charge is -2.36. The largest absolute Gasteiger partial charge is 0.416 e. The Morgan fingerprint density at radius 3 is 2.35 bits per heavy atom. The third kappa shape index (κ3) is 10.1. The highest BCUT2D eigenvalue weighted by Gasteiger charge is 2.32. The molecule has 2 aromatic heterocycles. The van der Waals surface area contributed by atoms with E-state index in [1.54, 1.807) is 6.20 Å². The summed E-state index contributed by atoms with van der Waals surface area (Å²) in [6, 6.07) is 26.7. The maximum Gasteiger partial charge on any atom is 0.416 e. The van der Waals surface area contributed by atoms with Crippen LogP contribution in [0, 0.1) is 13.8 Å². The van der Waals surface area contributed by atoms with Crippen LogP contribution in [0.3, 0.4) is 0 Å². The fourth-order valence-corrected chi connectivity index (χ4v) is 8.02. The first kappa shape index (κ1) is 38.4. The van der Waals surface area contributed by atoms with E-state index in [0.717, 1.165) is 68.9 Å². The number of piperidine rings is 1. The van der Waals surface area contributed by atoms with E-state index in [2.05, 4.69) is 78.2 Å². The second kappa shape index (κ2) is 16.9. The van der Waals surface area contributed by atoms with Crippen molar-refractivity contribution in [2.45, 2.75) is 51.9 Å². The maximum atomic E-state index is 14.2. The summed E-state index contributed by atoms with van der Waals surface area (Å²) in [5.74, 6) is 1.25. The molecule has 2 fully saturated rings. The SMILES string of the molecule is Cc1ccnc(NC(=S)N2CCCC(Nc3cc(Cc4cc(C)nc(NC(=S)N5CCN(Cc6cccc7ccccc67)CC5)c4)cc(C(F)(F)F)c3)C2)c1. The van der Waals surface area contributed by atoms with Crippen LogP contribution >= 0.6 is 24.4 Å². The number of benzene rings is 3. The molecule has 2 aliphatic rings. The van der Waals surface area contributed by atoms with Gasteiger partial charge in [0.15, 0.2) is 10.2 Å². The summed E-state index contributed by atoms with van der Waals surface area (Å²) < 4.78 is 42.6. The zero-order chi connectivity index (χ0) is 38.5. The Hall–Kier alpha value is -4.85. The van der Waals surface area contributed by atoms with Crippen molar-refractivity contribution in [1.82, 2.24) is 24.7 Å². The number of fused-ring (bicyclic) bond motifs is 1. The quantitative estimate of drug-likeness (QED) is 0.133. The van der Waals surface area contributed by atoms with E-state index in [4.69, 9.17) is 24.4 Å². The van der Waals surface area contributed by atoms with Gasteiger partial charge in [-0.3, -0.25) is 4.90 Å². The number of pyridine rings is 2. The van der Waals surface area contributed by atoms with Gasteiger partial charge in [0, 0.05) is 69.4 Å². The molecule has 2 aliphatic heterocycles. The molecular weight excluding hydrogens is 738 g/mol. The summed E-state index contributed by atoms with van der Waals surface area (Å²) in [5.41, 5.74) is 4.27. The summed E-state index contributed by atoms with van der Waals surface area (Å²) in [6.07, 6.45) is -0.817. The summed E-state index contributed by atoms with van der Waals surface area (Å²) in [6.45, 7) is 9.36. The number of piperazine rings is 1. The zero-order valence-corrected chi connectivity index (χ0v) is 32.6. The van der Waals surface area contributed by atoms with E-state index in [1.807, 2.05) is 49.1 Å². The first-order chi connectivity index (χ1) is 26.4. The fourth-order valence-electron chi connectivity index (χ4n) is 7.46. The van der Waals surface area contributed by atoms with Crippen LogP contribution in [0.15, 0.2) is 91.1 Å². The van der Waals surface area contributed by atoms with Crippen molar-refractivity contribution in [2.24, 2.45) is 0 Å². The molecule has 0 aliphatic carbocycles. The smallest absolute Gasteiger partial charge is 0.381 e. The molecule has 286 valence electrons. The van der Waals surface area contributed by atoms with Gasteiger partial charge in [-0.25, -0.2) is 9.97 Å². The lowest BCUT2D eigenvalue weighted by atomic mass is 10.00. The summed E-state index contributed by atoms with van der Waals surface area (Å²) >= 11 is 11.5. The molecule has 8 nitrogen and oxygen atoms in total. The van der Waals surface area contributed by atoms with Crippen LogP contribution in [-0.4, -0.2) is 80.2 Å². The number of anilines is 3. The van der Waals surface area contributed by atoms with Crippen molar-refractivity contribution in [1.29, 1.82) is 0 Å². The number of nitrogens with zero attached hydrogens (tertiary/aromatic N) is 5. The van der Waals surface area contributed by atoms with Crippen LogP contribution in [0.1, 0.15) is 46.4 Å². The highest BCUT2D eigenvalue weighted by molar-refractivity contribution is 7.80. The van der Waals surface area contributed by atoms with Crippen molar-refractivity contribution in [3.63, 3.8) is 0 Å². The number of rotatable bonds is 8. The minimum atomic E-state index is -4.50. The van der Waals surface area contributed by atoms with Crippen molar-refractivity contribution in [3.05, 3.63) is 125 Å². The van der Waals surface area contributed by atoms with Gasteiger partial charge < -0.3 is 25.8 Å². The second-order valence-electron chi connectivity index (χ2n) is 14.5. The number of likely N-dealkylation sites (tertiary alicyclic amines) is 1. The molecule has 0 radical (unpaired) electrons. The Kier molecular flexibility index (Phi) is 11.8. The molecule has 13 heteroatoms. The van der Waals surface area contributed by atoms with Crippen LogP contribution < -0.4 is 16.0 Å². The average Bonchev–Trinajstić information content (AvgIpc) is 3.15. The van der Waals surface area contributed by atoms with Gasteiger partial charge in [-0.15, -0.1) is 0 Å². The van der Waals surface area contributed by atoms with Crippen LogP contribution in [-0.2, 0) is 19.1 Å². The molecule has 7 rings (SSSR count). The Balaban J connectivity index is 0.980. The Morgan fingerprint density at radius 1 is 0.800 bits per heavy atom. The minimum absolute atomic E-state index is 0.0876. The molecule has 0 spiro atoms. The summed E-state index contributed by atoms with van der Waals surface area (Å²) in [5, 5.41) is 13.6. The van der Waals surface area contributed by atoms with E-state index in [1.165, 1.54) is 28.5 Å². The normalized spacial score (nSPS) is 16.6. The van der Waals surface area contributed by atoms with E-state index < -0.39 is 11.7 Å². The van der Waals surface area contributed by atoms with Crippen LogP contribution in [0.5, 0.6) is 0 Å². The van der Waals surface area contributed by atoms with E-state index >= 15 is 0 Å². The fraction of sp³-hybridized carbons (Fsp3) is 0.333. The van der Waals surface area contributed by atoms with Gasteiger partial charge in [0.1, 0.15) is 11.6 Å². The summed E-state index contributed by atoms with van der Waals surface area (Å²) in [7, 11) is 0. The van der Waals surface area contributed by atoms with Gasteiger partial charge >= 0.3 is 6.18 Å². The average molecular weight is 783 g/mol.